The van der Waals surface area contributed by atoms with Crippen molar-refractivity contribution in [1.29, 1.82) is 5.26 Å². The van der Waals surface area contributed by atoms with Gasteiger partial charge in [0.2, 0.25) is 0 Å². The van der Waals surface area contributed by atoms with Gasteiger partial charge in [0.05, 0.1) is 6.07 Å². The summed E-state index contributed by atoms with van der Waals surface area (Å²) < 4.78 is 0. The summed E-state index contributed by atoms with van der Waals surface area (Å²) in [4.78, 5) is 18.0. The molecule has 0 amide bonds. The number of H-pyrrole nitrogens is 1. The fraction of sp³-hybridized carbons (Fsp3) is 0.615. The minimum Gasteiger partial charge on any atom is -0.301 e. The van der Waals surface area contributed by atoms with Gasteiger partial charge in [-0.15, -0.1) is 0 Å². The zero-order valence-corrected chi connectivity index (χ0v) is 11.8. The molecule has 0 spiro atoms. The summed E-state index contributed by atoms with van der Waals surface area (Å²) in [5, 5.41) is 13.5. The number of hydrogen-bond acceptors (Lipinski definition) is 5. The molecule has 2 N–H and O–H groups in total. The zero-order chi connectivity index (χ0) is 13.7. The topological polar surface area (TPSA) is 81.6 Å². The van der Waals surface area contributed by atoms with Crippen LogP contribution in [0.5, 0.6) is 0 Å². The highest BCUT2D eigenvalue weighted by Crippen LogP contribution is 2.41. The van der Waals surface area contributed by atoms with Gasteiger partial charge in [0.15, 0.2) is 5.16 Å². The van der Waals surface area contributed by atoms with Crippen LogP contribution in [0.3, 0.4) is 0 Å². The highest BCUT2D eigenvalue weighted by Gasteiger charge is 2.45. The third-order valence-corrected chi connectivity index (χ3v) is 4.33. The molecule has 102 valence electrons. The second-order valence-corrected chi connectivity index (χ2v) is 5.78. The van der Waals surface area contributed by atoms with E-state index in [9.17, 15) is 10.1 Å². The Hall–Kier alpha value is -1.32. The number of rotatable bonds is 7. The lowest BCUT2D eigenvalue weighted by Crippen LogP contribution is -2.48. The third kappa shape index (κ3) is 3.58. The van der Waals surface area contributed by atoms with Crippen molar-refractivity contribution in [2.75, 3.05) is 12.3 Å². The third-order valence-electron chi connectivity index (χ3n) is 3.25. The van der Waals surface area contributed by atoms with E-state index in [0.717, 1.165) is 25.8 Å². The van der Waals surface area contributed by atoms with E-state index in [1.54, 1.807) is 0 Å². The molecule has 1 aromatic heterocycles. The van der Waals surface area contributed by atoms with Crippen molar-refractivity contribution in [3.05, 3.63) is 22.6 Å². The van der Waals surface area contributed by atoms with Gasteiger partial charge in [-0.05, 0) is 31.7 Å². The molecule has 1 aliphatic rings. The van der Waals surface area contributed by atoms with Gasteiger partial charge in [-0.1, -0.05) is 18.7 Å². The van der Waals surface area contributed by atoms with E-state index < -0.39 is 5.54 Å². The predicted octanol–water partition coefficient (Wildman–Crippen LogP) is 1.53. The summed E-state index contributed by atoms with van der Waals surface area (Å²) >= 11 is 1.43. The quantitative estimate of drug-likeness (QED) is 0.584. The first-order chi connectivity index (χ1) is 9.20. The summed E-state index contributed by atoms with van der Waals surface area (Å²) in [7, 11) is 0. The Kier molecular flexibility index (Phi) is 4.61. The van der Waals surface area contributed by atoms with E-state index in [2.05, 4.69) is 28.3 Å². The van der Waals surface area contributed by atoms with E-state index in [4.69, 9.17) is 0 Å². The summed E-state index contributed by atoms with van der Waals surface area (Å²) in [5.41, 5.74) is -0.650. The first-order valence-electron chi connectivity index (χ1n) is 6.54. The maximum atomic E-state index is 11.2. The fourth-order valence-electron chi connectivity index (χ4n) is 2.01. The molecule has 0 radical (unpaired) electrons. The molecule has 1 aromatic rings. The molecule has 1 saturated carbocycles. The van der Waals surface area contributed by atoms with Crippen LogP contribution in [-0.2, 0) is 0 Å². The van der Waals surface area contributed by atoms with Crippen LogP contribution in [0, 0.1) is 17.2 Å². The molecule has 1 aliphatic carbocycles. The minimum atomic E-state index is -0.491. The van der Waals surface area contributed by atoms with Crippen LogP contribution < -0.4 is 10.9 Å². The fourth-order valence-corrected chi connectivity index (χ4v) is 3.08. The standard InChI is InChI=1S/C13H18N4OS/c1-2-6-16-13(8-14,10-3-4-10)9-19-12-15-7-5-11(18)17-12/h5,7,10,16H,2-4,6,9H2,1H3,(H,15,17,18). The molecule has 6 heteroatoms. The molecule has 19 heavy (non-hydrogen) atoms. The Morgan fingerprint density at radius 1 is 1.68 bits per heavy atom. The minimum absolute atomic E-state index is 0.159. The second-order valence-electron chi connectivity index (χ2n) is 4.81. The Morgan fingerprint density at radius 3 is 3.05 bits per heavy atom. The van der Waals surface area contributed by atoms with Crippen LogP contribution in [0.15, 0.2) is 22.2 Å². The zero-order valence-electron chi connectivity index (χ0n) is 11.0. The van der Waals surface area contributed by atoms with Crippen LogP contribution in [0.4, 0.5) is 0 Å². The Bertz CT molecular complexity index is 520. The van der Waals surface area contributed by atoms with Crippen LogP contribution in [0.1, 0.15) is 26.2 Å². The monoisotopic (exact) mass is 278 g/mol. The van der Waals surface area contributed by atoms with Crippen LogP contribution >= 0.6 is 11.8 Å². The van der Waals surface area contributed by atoms with Gasteiger partial charge in [-0.3, -0.25) is 10.1 Å². The van der Waals surface area contributed by atoms with Crippen LogP contribution in [0.2, 0.25) is 0 Å². The molecule has 0 aromatic carbocycles. The molecule has 1 fully saturated rings. The van der Waals surface area contributed by atoms with Crippen molar-refractivity contribution in [2.45, 2.75) is 36.9 Å². The first kappa shape index (κ1) is 14.1. The average molecular weight is 278 g/mol. The normalized spacial score (nSPS) is 17.7. The smallest absolute Gasteiger partial charge is 0.251 e. The molecule has 2 rings (SSSR count). The van der Waals surface area contributed by atoms with Crippen molar-refractivity contribution in [2.24, 2.45) is 5.92 Å². The van der Waals surface area contributed by atoms with Crippen molar-refractivity contribution in [1.82, 2.24) is 15.3 Å². The van der Waals surface area contributed by atoms with Crippen LogP contribution in [0.25, 0.3) is 0 Å². The molecule has 0 aliphatic heterocycles. The molecule has 0 saturated heterocycles. The average Bonchev–Trinajstić information content (AvgIpc) is 3.25. The van der Waals surface area contributed by atoms with Gasteiger partial charge in [0, 0.05) is 18.0 Å². The largest absolute Gasteiger partial charge is 0.301 e. The van der Waals surface area contributed by atoms with Crippen molar-refractivity contribution < 1.29 is 0 Å². The van der Waals surface area contributed by atoms with Gasteiger partial charge in [0.1, 0.15) is 5.54 Å². The molecule has 5 nitrogen and oxygen atoms in total. The number of nitriles is 1. The molecular weight excluding hydrogens is 260 g/mol. The summed E-state index contributed by atoms with van der Waals surface area (Å²) in [5.74, 6) is 1.04. The Morgan fingerprint density at radius 2 is 2.47 bits per heavy atom. The lowest BCUT2D eigenvalue weighted by Gasteiger charge is -2.27. The predicted molar refractivity (Wildman–Crippen MR) is 74.9 cm³/mol. The van der Waals surface area contributed by atoms with E-state index >= 15 is 0 Å². The SMILES string of the molecule is CCCNC(C#N)(CSc1nccc(=O)[nH]1)C1CC1. The molecule has 1 heterocycles. The highest BCUT2D eigenvalue weighted by atomic mass is 32.2. The number of nitrogens with one attached hydrogen (secondary N) is 2. The summed E-state index contributed by atoms with van der Waals surface area (Å²) in [6, 6.07) is 3.83. The molecule has 0 bridgehead atoms. The first-order valence-corrected chi connectivity index (χ1v) is 7.53. The second kappa shape index (κ2) is 6.22. The van der Waals surface area contributed by atoms with Crippen molar-refractivity contribution in [3.63, 3.8) is 0 Å². The van der Waals surface area contributed by atoms with E-state index in [0.29, 0.717) is 16.8 Å². The Labute approximate surface area is 116 Å². The number of aromatic amines is 1. The highest BCUT2D eigenvalue weighted by molar-refractivity contribution is 7.99. The maximum absolute atomic E-state index is 11.2. The summed E-state index contributed by atoms with van der Waals surface area (Å²) in [6.07, 6.45) is 4.69. The lowest BCUT2D eigenvalue weighted by atomic mass is 9.97. The number of hydrogen-bond donors (Lipinski definition) is 2. The van der Waals surface area contributed by atoms with Gasteiger partial charge >= 0.3 is 0 Å². The van der Waals surface area contributed by atoms with Crippen LogP contribution in [-0.4, -0.2) is 27.8 Å². The molecule has 1 atom stereocenters. The van der Waals surface area contributed by atoms with E-state index in [1.165, 1.54) is 24.0 Å². The molecule has 1 unspecified atom stereocenters. The number of nitrogens with zero attached hydrogens (tertiary/aromatic N) is 2. The number of thioether (sulfide) groups is 1. The molecular formula is C13H18N4OS. The van der Waals surface area contributed by atoms with Gasteiger partial charge < -0.3 is 4.98 Å². The number of aromatic nitrogens is 2. The van der Waals surface area contributed by atoms with E-state index in [1.807, 2.05) is 0 Å². The van der Waals surface area contributed by atoms with Gasteiger partial charge in [-0.25, -0.2) is 4.98 Å². The summed E-state index contributed by atoms with van der Waals surface area (Å²) in [6.45, 7) is 2.93. The van der Waals surface area contributed by atoms with Crippen molar-refractivity contribution >= 4 is 11.8 Å². The Balaban J connectivity index is 2.04. The maximum Gasteiger partial charge on any atom is 0.251 e. The van der Waals surface area contributed by atoms with E-state index in [-0.39, 0.29) is 5.56 Å². The van der Waals surface area contributed by atoms with Gasteiger partial charge in [-0.2, -0.15) is 5.26 Å². The van der Waals surface area contributed by atoms with Crippen molar-refractivity contribution in [3.8, 4) is 6.07 Å². The lowest BCUT2D eigenvalue weighted by molar-refractivity contribution is 0.405. The van der Waals surface area contributed by atoms with Gasteiger partial charge in [0.25, 0.3) is 5.56 Å².